The van der Waals surface area contributed by atoms with Crippen molar-refractivity contribution in [3.8, 4) is 0 Å². The number of carboxylic acid groups (broad SMARTS) is 1. The van der Waals surface area contributed by atoms with Gasteiger partial charge in [-0.15, -0.1) is 0 Å². The molecular formula is C7H14NO3+. The van der Waals surface area contributed by atoms with Gasteiger partial charge in [-0.25, -0.2) is 4.79 Å². The third-order valence-corrected chi connectivity index (χ3v) is 2.31. The Morgan fingerprint density at radius 3 is 2.27 bits per heavy atom. The quantitative estimate of drug-likeness (QED) is 0.498. The minimum absolute atomic E-state index is 0.377. The Morgan fingerprint density at radius 1 is 1.55 bits per heavy atom. The van der Waals surface area contributed by atoms with Gasteiger partial charge in [-0.05, 0) is 0 Å². The summed E-state index contributed by atoms with van der Waals surface area (Å²) in [4.78, 5) is 10.6. The van der Waals surface area contributed by atoms with Crippen LogP contribution in [0.4, 0.5) is 0 Å². The number of aliphatic carboxylic acids is 1. The van der Waals surface area contributed by atoms with Crippen molar-refractivity contribution in [2.24, 2.45) is 0 Å². The third kappa shape index (κ3) is 1.52. The fraction of sp³-hybridized carbons (Fsp3) is 0.857. The molecule has 0 radical (unpaired) electrons. The molecule has 4 heteroatoms. The monoisotopic (exact) mass is 160 g/mol. The summed E-state index contributed by atoms with van der Waals surface area (Å²) in [5, 5.41) is 17.9. The molecule has 2 N–H and O–H groups in total. The van der Waals surface area contributed by atoms with E-state index in [0.717, 1.165) is 0 Å². The molecule has 1 fully saturated rings. The van der Waals surface area contributed by atoms with Gasteiger partial charge in [-0.3, -0.25) is 0 Å². The largest absolute Gasteiger partial charge is 0.477 e. The summed E-state index contributed by atoms with van der Waals surface area (Å²) >= 11 is 0. The van der Waals surface area contributed by atoms with E-state index < -0.39 is 18.1 Å². The van der Waals surface area contributed by atoms with Gasteiger partial charge in [-0.1, -0.05) is 0 Å². The second-order valence-electron chi connectivity index (χ2n) is 3.70. The number of likely N-dealkylation sites (N-methyl/N-ethyl adjacent to an activating group) is 1. The molecule has 0 amide bonds. The number of aliphatic hydroxyl groups is 1. The zero-order chi connectivity index (χ0) is 8.65. The topological polar surface area (TPSA) is 57.5 Å². The fourth-order valence-electron chi connectivity index (χ4n) is 1.69. The summed E-state index contributed by atoms with van der Waals surface area (Å²) in [6.45, 7) is 0.539. The van der Waals surface area contributed by atoms with Crippen LogP contribution in [0.1, 0.15) is 6.42 Å². The first-order valence-corrected chi connectivity index (χ1v) is 3.67. The lowest BCUT2D eigenvalue weighted by Crippen LogP contribution is -2.48. The first-order chi connectivity index (χ1) is 4.93. The lowest BCUT2D eigenvalue weighted by Gasteiger charge is -2.28. The maximum atomic E-state index is 10.6. The van der Waals surface area contributed by atoms with E-state index in [9.17, 15) is 9.90 Å². The Labute approximate surface area is 65.6 Å². The maximum absolute atomic E-state index is 10.6. The van der Waals surface area contributed by atoms with Gasteiger partial charge in [-0.2, -0.15) is 0 Å². The molecule has 1 aliphatic heterocycles. The number of rotatable bonds is 1. The Bertz CT molecular complexity index is 179. The van der Waals surface area contributed by atoms with Crippen LogP contribution in [0.2, 0.25) is 0 Å². The first kappa shape index (κ1) is 8.49. The Morgan fingerprint density at radius 2 is 2.09 bits per heavy atom. The summed E-state index contributed by atoms with van der Waals surface area (Å²) in [7, 11) is 3.66. The highest BCUT2D eigenvalue weighted by atomic mass is 16.4. The standard InChI is InChI=1S/C7H13NO3/c1-8(2)4-5(9)3-6(8)7(10)11/h5-6,9H,3-4H2,1-2H3/p+1/t5-,6+/m1/s1. The molecule has 1 aliphatic rings. The number of aliphatic hydroxyl groups excluding tert-OH is 1. The summed E-state index contributed by atoms with van der Waals surface area (Å²) in [6.07, 6.45) is -0.0754. The van der Waals surface area contributed by atoms with E-state index in [1.807, 2.05) is 14.1 Å². The number of quaternary nitrogens is 1. The molecule has 64 valence electrons. The van der Waals surface area contributed by atoms with Gasteiger partial charge in [0, 0.05) is 6.42 Å². The SMILES string of the molecule is C[N+]1(C)C[C@H](O)C[C@H]1C(=O)O. The van der Waals surface area contributed by atoms with Crippen molar-refractivity contribution in [3.63, 3.8) is 0 Å². The van der Waals surface area contributed by atoms with Gasteiger partial charge >= 0.3 is 5.97 Å². The Kier molecular flexibility index (Phi) is 1.90. The normalized spacial score (nSPS) is 35.5. The minimum atomic E-state index is -0.813. The van der Waals surface area contributed by atoms with E-state index in [4.69, 9.17) is 5.11 Å². The lowest BCUT2D eigenvalue weighted by molar-refractivity contribution is -0.895. The van der Waals surface area contributed by atoms with E-state index in [2.05, 4.69) is 0 Å². The molecule has 1 saturated heterocycles. The number of hydrogen-bond acceptors (Lipinski definition) is 2. The predicted molar refractivity (Wildman–Crippen MR) is 39.0 cm³/mol. The van der Waals surface area contributed by atoms with Crippen LogP contribution < -0.4 is 0 Å². The van der Waals surface area contributed by atoms with Crippen LogP contribution in [0.25, 0.3) is 0 Å². The molecule has 4 nitrogen and oxygen atoms in total. The van der Waals surface area contributed by atoms with Crippen molar-refractivity contribution in [3.05, 3.63) is 0 Å². The van der Waals surface area contributed by atoms with Gasteiger partial charge in [0.25, 0.3) is 0 Å². The summed E-state index contributed by atoms with van der Waals surface area (Å²) < 4.78 is 0.385. The van der Waals surface area contributed by atoms with Crippen molar-refractivity contribution >= 4 is 5.97 Å². The van der Waals surface area contributed by atoms with Crippen LogP contribution in [0.3, 0.4) is 0 Å². The van der Waals surface area contributed by atoms with Crippen LogP contribution >= 0.6 is 0 Å². The van der Waals surface area contributed by atoms with E-state index >= 15 is 0 Å². The number of nitrogens with zero attached hydrogens (tertiary/aromatic N) is 1. The molecule has 0 bridgehead atoms. The number of hydrogen-bond donors (Lipinski definition) is 2. The molecule has 0 aromatic rings. The summed E-state index contributed by atoms with van der Waals surface area (Å²) in [6, 6.07) is -0.440. The highest BCUT2D eigenvalue weighted by molar-refractivity contribution is 5.72. The van der Waals surface area contributed by atoms with E-state index in [1.165, 1.54) is 0 Å². The van der Waals surface area contributed by atoms with E-state index in [-0.39, 0.29) is 0 Å². The van der Waals surface area contributed by atoms with Gasteiger partial charge in [0.1, 0.15) is 12.6 Å². The number of likely N-dealkylation sites (tertiary alicyclic amines) is 1. The molecule has 0 unspecified atom stereocenters. The van der Waals surface area contributed by atoms with Gasteiger partial charge in [0.2, 0.25) is 0 Å². The summed E-state index contributed by atoms with van der Waals surface area (Å²) in [5.74, 6) is -0.813. The molecule has 0 aromatic carbocycles. The first-order valence-electron chi connectivity index (χ1n) is 3.67. The summed E-state index contributed by atoms with van der Waals surface area (Å²) in [5.41, 5.74) is 0. The van der Waals surface area contributed by atoms with E-state index in [0.29, 0.717) is 17.4 Å². The molecule has 1 heterocycles. The number of carboxylic acids is 1. The predicted octanol–water partition coefficient (Wildman–Crippen LogP) is -0.719. The van der Waals surface area contributed by atoms with Crippen LogP contribution in [0, 0.1) is 0 Å². The molecule has 0 saturated carbocycles. The smallest absolute Gasteiger partial charge is 0.362 e. The van der Waals surface area contributed by atoms with Crippen molar-refractivity contribution in [2.45, 2.75) is 18.6 Å². The number of carbonyl (C=O) groups is 1. The Hall–Kier alpha value is -0.610. The van der Waals surface area contributed by atoms with Crippen LogP contribution in [-0.4, -0.2) is 53.5 Å². The average Bonchev–Trinajstić information content (AvgIpc) is 2.04. The van der Waals surface area contributed by atoms with Crippen molar-refractivity contribution < 1.29 is 19.5 Å². The van der Waals surface area contributed by atoms with Crippen molar-refractivity contribution in [1.29, 1.82) is 0 Å². The second kappa shape index (κ2) is 2.46. The minimum Gasteiger partial charge on any atom is -0.477 e. The molecule has 0 spiro atoms. The average molecular weight is 160 g/mol. The lowest BCUT2D eigenvalue weighted by atomic mass is 10.2. The van der Waals surface area contributed by atoms with Crippen molar-refractivity contribution in [1.82, 2.24) is 0 Å². The molecule has 0 aromatic heterocycles. The second-order valence-corrected chi connectivity index (χ2v) is 3.70. The van der Waals surface area contributed by atoms with Gasteiger partial charge in [0.15, 0.2) is 6.04 Å². The van der Waals surface area contributed by atoms with Crippen LogP contribution in [0.15, 0.2) is 0 Å². The molecule has 0 aliphatic carbocycles. The molecule has 2 atom stereocenters. The van der Waals surface area contributed by atoms with Crippen molar-refractivity contribution in [2.75, 3.05) is 20.6 Å². The molecule has 11 heavy (non-hydrogen) atoms. The zero-order valence-corrected chi connectivity index (χ0v) is 6.82. The fourth-order valence-corrected chi connectivity index (χ4v) is 1.69. The van der Waals surface area contributed by atoms with Crippen LogP contribution in [-0.2, 0) is 4.79 Å². The van der Waals surface area contributed by atoms with Crippen LogP contribution in [0.5, 0.6) is 0 Å². The highest BCUT2D eigenvalue weighted by Gasteiger charge is 2.44. The highest BCUT2D eigenvalue weighted by Crippen LogP contribution is 2.22. The molecule has 1 rings (SSSR count). The van der Waals surface area contributed by atoms with E-state index in [1.54, 1.807) is 0 Å². The third-order valence-electron chi connectivity index (χ3n) is 2.31. The molecular weight excluding hydrogens is 146 g/mol. The van der Waals surface area contributed by atoms with Gasteiger partial charge in [0.05, 0.1) is 14.1 Å². The zero-order valence-electron chi connectivity index (χ0n) is 6.82. The Balaban J connectivity index is 2.74. The maximum Gasteiger partial charge on any atom is 0.362 e. The van der Waals surface area contributed by atoms with Gasteiger partial charge < -0.3 is 14.7 Å².